The summed E-state index contributed by atoms with van der Waals surface area (Å²) >= 11 is 0. The average molecular weight is 225 g/mol. The molecule has 0 saturated carbocycles. The lowest BCUT2D eigenvalue weighted by Gasteiger charge is -2.26. The van der Waals surface area contributed by atoms with E-state index in [4.69, 9.17) is 10.5 Å². The fraction of sp³-hybridized carbons (Fsp3) is 0.750. The molecule has 4 heteroatoms. The van der Waals surface area contributed by atoms with Gasteiger partial charge < -0.3 is 10.5 Å². The molecule has 0 saturated heterocycles. The number of ether oxygens (including phenoxy) is 1. The molecule has 2 N–H and O–H groups in total. The van der Waals surface area contributed by atoms with Crippen LogP contribution in [0.2, 0.25) is 0 Å². The highest BCUT2D eigenvalue weighted by Crippen LogP contribution is 2.21. The highest BCUT2D eigenvalue weighted by molar-refractivity contribution is 5.08. The number of hydrogen-bond acceptors (Lipinski definition) is 3. The molecular weight excluding hydrogens is 202 g/mol. The molecule has 1 heterocycles. The number of aromatic nitrogens is 2. The first-order valence-electron chi connectivity index (χ1n) is 5.91. The number of hydrogen-bond donors (Lipinski definition) is 1. The standard InChI is InChI=1S/C12H23N3O/c1-5-8-15-10(6-7-14-15)11(13)12(16-4)9(2)3/h6-7,9,11-12H,5,8,13H2,1-4H3. The molecule has 1 aromatic heterocycles. The third kappa shape index (κ3) is 2.83. The summed E-state index contributed by atoms with van der Waals surface area (Å²) in [7, 11) is 1.71. The van der Waals surface area contributed by atoms with Gasteiger partial charge in [0.1, 0.15) is 0 Å². The van der Waals surface area contributed by atoms with Gasteiger partial charge in [-0.25, -0.2) is 0 Å². The minimum absolute atomic E-state index is 0.0345. The number of aryl methyl sites for hydroxylation is 1. The summed E-state index contributed by atoms with van der Waals surface area (Å²) in [6.07, 6.45) is 2.89. The Balaban J connectivity index is 2.85. The summed E-state index contributed by atoms with van der Waals surface area (Å²) in [6, 6.07) is 1.87. The highest BCUT2D eigenvalue weighted by Gasteiger charge is 2.24. The van der Waals surface area contributed by atoms with Crippen LogP contribution in [-0.2, 0) is 11.3 Å². The van der Waals surface area contributed by atoms with Crippen molar-refractivity contribution in [2.75, 3.05) is 7.11 Å². The molecule has 0 spiro atoms. The number of nitrogens with two attached hydrogens (primary N) is 1. The molecule has 4 nitrogen and oxygen atoms in total. The number of rotatable bonds is 6. The normalized spacial score (nSPS) is 15.4. The van der Waals surface area contributed by atoms with Gasteiger partial charge in [0.15, 0.2) is 0 Å². The van der Waals surface area contributed by atoms with Gasteiger partial charge in [-0.05, 0) is 18.4 Å². The van der Waals surface area contributed by atoms with Crippen LogP contribution in [0.5, 0.6) is 0 Å². The van der Waals surface area contributed by atoms with Gasteiger partial charge >= 0.3 is 0 Å². The van der Waals surface area contributed by atoms with E-state index in [0.717, 1.165) is 18.7 Å². The van der Waals surface area contributed by atoms with Crippen molar-refractivity contribution in [3.8, 4) is 0 Å². The first kappa shape index (κ1) is 13.2. The summed E-state index contributed by atoms with van der Waals surface area (Å²) in [5.41, 5.74) is 7.30. The monoisotopic (exact) mass is 225 g/mol. The number of nitrogens with zero attached hydrogens (tertiary/aromatic N) is 2. The zero-order valence-corrected chi connectivity index (χ0v) is 10.7. The quantitative estimate of drug-likeness (QED) is 0.805. The smallest absolute Gasteiger partial charge is 0.0801 e. The SMILES string of the molecule is CCCn1nccc1C(N)C(OC)C(C)C. The first-order chi connectivity index (χ1) is 7.61. The Hall–Kier alpha value is -0.870. The van der Waals surface area contributed by atoms with E-state index in [1.807, 2.05) is 10.7 Å². The van der Waals surface area contributed by atoms with Gasteiger partial charge in [0.05, 0.1) is 17.8 Å². The summed E-state index contributed by atoms with van der Waals surface area (Å²) in [5.74, 6) is 0.393. The molecule has 0 aliphatic carbocycles. The van der Waals surface area contributed by atoms with Crippen molar-refractivity contribution >= 4 is 0 Å². The lowest BCUT2D eigenvalue weighted by molar-refractivity contribution is 0.0414. The fourth-order valence-corrected chi connectivity index (χ4v) is 2.03. The van der Waals surface area contributed by atoms with Gasteiger partial charge in [-0.3, -0.25) is 4.68 Å². The summed E-state index contributed by atoms with van der Waals surface area (Å²) in [6.45, 7) is 7.28. The molecule has 1 aromatic rings. The third-order valence-corrected chi connectivity index (χ3v) is 2.81. The maximum absolute atomic E-state index is 6.24. The average Bonchev–Trinajstić information content (AvgIpc) is 2.66. The van der Waals surface area contributed by atoms with Crippen LogP contribution < -0.4 is 5.73 Å². The summed E-state index contributed by atoms with van der Waals surface area (Å²) < 4.78 is 7.44. The Labute approximate surface area is 97.8 Å². The van der Waals surface area contributed by atoms with E-state index in [9.17, 15) is 0 Å². The summed E-state index contributed by atoms with van der Waals surface area (Å²) in [5, 5.41) is 4.28. The van der Waals surface area contributed by atoms with Crippen molar-refractivity contribution in [2.24, 2.45) is 11.7 Å². The van der Waals surface area contributed by atoms with Crippen molar-refractivity contribution in [2.45, 2.75) is 45.9 Å². The zero-order chi connectivity index (χ0) is 12.1. The van der Waals surface area contributed by atoms with Crippen LogP contribution in [0.3, 0.4) is 0 Å². The molecule has 0 radical (unpaired) electrons. The molecule has 0 amide bonds. The van der Waals surface area contributed by atoms with Crippen molar-refractivity contribution in [3.05, 3.63) is 18.0 Å². The van der Waals surface area contributed by atoms with Crippen molar-refractivity contribution in [3.63, 3.8) is 0 Å². The molecule has 0 aliphatic heterocycles. The fourth-order valence-electron chi connectivity index (χ4n) is 2.03. The molecule has 0 aliphatic rings. The lowest BCUT2D eigenvalue weighted by atomic mass is 9.97. The van der Waals surface area contributed by atoms with Crippen LogP contribution in [0, 0.1) is 5.92 Å². The second-order valence-corrected chi connectivity index (χ2v) is 4.45. The maximum atomic E-state index is 6.24. The molecule has 92 valence electrons. The first-order valence-corrected chi connectivity index (χ1v) is 5.91. The van der Waals surface area contributed by atoms with E-state index in [2.05, 4.69) is 25.9 Å². The minimum atomic E-state index is -0.112. The zero-order valence-electron chi connectivity index (χ0n) is 10.7. The van der Waals surface area contributed by atoms with Crippen molar-refractivity contribution < 1.29 is 4.74 Å². The second kappa shape index (κ2) is 6.01. The van der Waals surface area contributed by atoms with Crippen LogP contribution in [0.25, 0.3) is 0 Å². The molecule has 0 aromatic carbocycles. The molecule has 0 bridgehead atoms. The topological polar surface area (TPSA) is 53.1 Å². The van der Waals surface area contributed by atoms with E-state index < -0.39 is 0 Å². The van der Waals surface area contributed by atoms with E-state index in [1.54, 1.807) is 13.3 Å². The molecular formula is C12H23N3O. The molecule has 16 heavy (non-hydrogen) atoms. The van der Waals surface area contributed by atoms with Crippen LogP contribution in [0.1, 0.15) is 38.9 Å². The largest absolute Gasteiger partial charge is 0.379 e. The van der Waals surface area contributed by atoms with Crippen molar-refractivity contribution in [1.29, 1.82) is 0 Å². The van der Waals surface area contributed by atoms with Crippen LogP contribution >= 0.6 is 0 Å². The maximum Gasteiger partial charge on any atom is 0.0801 e. The van der Waals surface area contributed by atoms with Crippen LogP contribution in [0.15, 0.2) is 12.3 Å². The Kier molecular flexibility index (Phi) is 4.96. The van der Waals surface area contributed by atoms with Gasteiger partial charge in [-0.15, -0.1) is 0 Å². The molecule has 2 unspecified atom stereocenters. The Morgan fingerprint density at radius 2 is 2.19 bits per heavy atom. The Bertz CT molecular complexity index is 309. The van der Waals surface area contributed by atoms with Gasteiger partial charge in [0, 0.05) is 19.9 Å². The molecule has 0 fully saturated rings. The molecule has 1 rings (SSSR count). The Morgan fingerprint density at radius 3 is 2.69 bits per heavy atom. The van der Waals surface area contributed by atoms with E-state index in [1.165, 1.54) is 0 Å². The lowest BCUT2D eigenvalue weighted by Crippen LogP contribution is -2.34. The molecule has 2 atom stereocenters. The van der Waals surface area contributed by atoms with E-state index in [-0.39, 0.29) is 12.1 Å². The third-order valence-electron chi connectivity index (χ3n) is 2.81. The highest BCUT2D eigenvalue weighted by atomic mass is 16.5. The van der Waals surface area contributed by atoms with Gasteiger partial charge in [-0.2, -0.15) is 5.10 Å². The van der Waals surface area contributed by atoms with Gasteiger partial charge in [-0.1, -0.05) is 20.8 Å². The van der Waals surface area contributed by atoms with Crippen molar-refractivity contribution in [1.82, 2.24) is 9.78 Å². The predicted molar refractivity (Wildman–Crippen MR) is 65.1 cm³/mol. The Morgan fingerprint density at radius 1 is 1.50 bits per heavy atom. The predicted octanol–water partition coefficient (Wildman–Crippen LogP) is 1.96. The van der Waals surface area contributed by atoms with Gasteiger partial charge in [0.25, 0.3) is 0 Å². The van der Waals surface area contributed by atoms with Gasteiger partial charge in [0.2, 0.25) is 0 Å². The van der Waals surface area contributed by atoms with E-state index in [0.29, 0.717) is 5.92 Å². The van der Waals surface area contributed by atoms with Crippen LogP contribution in [0.4, 0.5) is 0 Å². The van der Waals surface area contributed by atoms with Crippen LogP contribution in [-0.4, -0.2) is 23.0 Å². The second-order valence-electron chi connectivity index (χ2n) is 4.45. The van der Waals surface area contributed by atoms with E-state index >= 15 is 0 Å². The number of methoxy groups -OCH3 is 1. The minimum Gasteiger partial charge on any atom is -0.379 e. The summed E-state index contributed by atoms with van der Waals surface area (Å²) in [4.78, 5) is 0.